The predicted octanol–water partition coefficient (Wildman–Crippen LogP) is 3.10. The molecule has 0 aliphatic carbocycles. The lowest BCUT2D eigenvalue weighted by Crippen LogP contribution is -2.48. The molecule has 0 amide bonds. The number of hydrogen-bond acceptors (Lipinski definition) is 11. The normalized spacial score (nSPS) is 17.9. The summed E-state index contributed by atoms with van der Waals surface area (Å²) < 4.78 is 56.3. The van der Waals surface area contributed by atoms with Crippen LogP contribution in [0.3, 0.4) is 0 Å². The van der Waals surface area contributed by atoms with Crippen molar-refractivity contribution in [3.8, 4) is 5.75 Å². The Morgan fingerprint density at radius 2 is 1.54 bits per heavy atom. The molecular formula is C26H39NO10. The van der Waals surface area contributed by atoms with E-state index in [-0.39, 0.29) is 47.2 Å². The highest BCUT2D eigenvalue weighted by molar-refractivity contribution is 5.84. The van der Waals surface area contributed by atoms with Crippen molar-refractivity contribution in [2.75, 3.05) is 86.8 Å². The summed E-state index contributed by atoms with van der Waals surface area (Å²) in [6.45, 7) is 5.23. The zero-order valence-electron chi connectivity index (χ0n) is 21.6. The summed E-state index contributed by atoms with van der Waals surface area (Å²) in [5.41, 5.74) is -0.0838. The molecule has 1 aliphatic heterocycles. The maximum Gasteiger partial charge on any atom is 0.191 e. The third-order valence-corrected chi connectivity index (χ3v) is 5.32. The van der Waals surface area contributed by atoms with Crippen LogP contribution in [-0.2, 0) is 42.6 Å². The Balaban J connectivity index is 1.44. The predicted molar refractivity (Wildman–Crippen MR) is 133 cm³/mol. The van der Waals surface area contributed by atoms with Crippen LogP contribution in [0, 0.1) is 0 Å². The molecule has 11 nitrogen and oxygen atoms in total. The molecule has 1 fully saturated rings. The molecule has 0 radical (unpaired) electrons. The second-order valence-corrected chi connectivity index (χ2v) is 8.33. The van der Waals surface area contributed by atoms with Gasteiger partial charge in [-0.15, -0.1) is 0 Å². The summed E-state index contributed by atoms with van der Waals surface area (Å²) in [5, 5.41) is 0.996. The minimum atomic E-state index is -0.862. The standard InChI is InChI=1S/C26H39NO10/c1-2-3-10-28-15-26(16-29-11-13-31-18-33-19-32-14-12-30-17-26)37-22-35-20-34-21-36-24-8-4-6-23-7-5-9-27-25(23)24/h4-9H,2-3,10-22H2,1H3. The van der Waals surface area contributed by atoms with Crippen LogP contribution < -0.4 is 4.74 Å². The molecule has 0 unspecified atom stereocenters. The van der Waals surface area contributed by atoms with Crippen molar-refractivity contribution < 1.29 is 47.4 Å². The number of benzene rings is 1. The summed E-state index contributed by atoms with van der Waals surface area (Å²) in [6, 6.07) is 9.60. The Bertz CT molecular complexity index is 836. The number of para-hydroxylation sites is 1. The summed E-state index contributed by atoms with van der Waals surface area (Å²) in [6.07, 6.45) is 3.72. The molecule has 0 spiro atoms. The summed E-state index contributed by atoms with van der Waals surface area (Å²) in [7, 11) is 0. The van der Waals surface area contributed by atoms with Crippen molar-refractivity contribution in [1.29, 1.82) is 0 Å². The summed E-state index contributed by atoms with van der Waals surface area (Å²) in [4.78, 5) is 4.36. The van der Waals surface area contributed by atoms with Gasteiger partial charge in [-0.1, -0.05) is 31.5 Å². The fourth-order valence-electron chi connectivity index (χ4n) is 3.37. The SMILES string of the molecule is CCCCOCC1(OCOCOCOc2cccc3cccnc23)COCCOCOCOCCOC1. The lowest BCUT2D eigenvalue weighted by Gasteiger charge is -2.33. The van der Waals surface area contributed by atoms with Gasteiger partial charge >= 0.3 is 0 Å². The van der Waals surface area contributed by atoms with Gasteiger partial charge in [-0.25, -0.2) is 0 Å². The van der Waals surface area contributed by atoms with Gasteiger partial charge < -0.3 is 47.4 Å². The Morgan fingerprint density at radius 1 is 0.811 bits per heavy atom. The Kier molecular flexibility index (Phi) is 14.7. The average Bonchev–Trinajstić information content (AvgIpc) is 2.93. The molecule has 0 atom stereocenters. The zero-order valence-corrected chi connectivity index (χ0v) is 21.6. The molecule has 1 saturated heterocycles. The number of unbranched alkanes of at least 4 members (excludes halogenated alkanes) is 1. The number of rotatable bonds is 13. The van der Waals surface area contributed by atoms with Gasteiger partial charge in [-0.05, 0) is 18.6 Å². The van der Waals surface area contributed by atoms with Crippen LogP contribution in [0.5, 0.6) is 5.75 Å². The van der Waals surface area contributed by atoms with Gasteiger partial charge in [0.15, 0.2) is 20.4 Å². The monoisotopic (exact) mass is 525 g/mol. The number of pyridine rings is 1. The van der Waals surface area contributed by atoms with Gasteiger partial charge in [0, 0.05) is 18.2 Å². The smallest absolute Gasteiger partial charge is 0.191 e. The fourth-order valence-corrected chi connectivity index (χ4v) is 3.37. The minimum absolute atomic E-state index is 0.0108. The third-order valence-electron chi connectivity index (χ3n) is 5.32. The van der Waals surface area contributed by atoms with Crippen molar-refractivity contribution in [3.05, 3.63) is 36.5 Å². The molecular weight excluding hydrogens is 486 g/mol. The van der Waals surface area contributed by atoms with Crippen LogP contribution in [-0.4, -0.2) is 97.4 Å². The summed E-state index contributed by atoms with van der Waals surface area (Å²) in [5.74, 6) is 0.645. The quantitative estimate of drug-likeness (QED) is 0.285. The van der Waals surface area contributed by atoms with Crippen molar-refractivity contribution in [3.63, 3.8) is 0 Å². The van der Waals surface area contributed by atoms with E-state index in [4.69, 9.17) is 47.4 Å². The number of nitrogens with zero attached hydrogens (tertiary/aromatic N) is 1. The maximum absolute atomic E-state index is 6.10. The third kappa shape index (κ3) is 11.6. The highest BCUT2D eigenvalue weighted by atomic mass is 16.8. The molecule has 1 aromatic carbocycles. The van der Waals surface area contributed by atoms with E-state index < -0.39 is 5.60 Å². The van der Waals surface area contributed by atoms with E-state index >= 15 is 0 Å². The van der Waals surface area contributed by atoms with E-state index in [1.165, 1.54) is 0 Å². The van der Waals surface area contributed by atoms with Crippen LogP contribution >= 0.6 is 0 Å². The van der Waals surface area contributed by atoms with Crippen LogP contribution in [0.1, 0.15) is 19.8 Å². The molecule has 0 saturated carbocycles. The lowest BCUT2D eigenvalue weighted by molar-refractivity contribution is -0.235. The first-order chi connectivity index (χ1) is 18.3. The molecule has 0 bridgehead atoms. The molecule has 208 valence electrons. The molecule has 1 aliphatic rings. The largest absolute Gasteiger partial charge is 0.465 e. The Morgan fingerprint density at radius 3 is 2.32 bits per heavy atom. The highest BCUT2D eigenvalue weighted by Gasteiger charge is 2.33. The van der Waals surface area contributed by atoms with Crippen molar-refractivity contribution in [1.82, 2.24) is 4.98 Å². The molecule has 3 rings (SSSR count). The average molecular weight is 526 g/mol. The van der Waals surface area contributed by atoms with Gasteiger partial charge in [-0.3, -0.25) is 4.98 Å². The van der Waals surface area contributed by atoms with Gasteiger partial charge in [0.2, 0.25) is 0 Å². The number of ether oxygens (including phenoxy) is 10. The Hall–Kier alpha value is -1.93. The summed E-state index contributed by atoms with van der Waals surface area (Å²) >= 11 is 0. The van der Waals surface area contributed by atoms with Crippen molar-refractivity contribution in [2.24, 2.45) is 0 Å². The number of fused-ring (bicyclic) bond motifs is 1. The molecule has 0 N–H and O–H groups in total. The van der Waals surface area contributed by atoms with Crippen molar-refractivity contribution >= 4 is 10.9 Å². The van der Waals surface area contributed by atoms with E-state index in [9.17, 15) is 0 Å². The number of aromatic nitrogens is 1. The molecule has 11 heteroatoms. The van der Waals surface area contributed by atoms with E-state index in [2.05, 4.69) is 11.9 Å². The van der Waals surface area contributed by atoms with E-state index in [0.717, 1.165) is 23.7 Å². The second kappa shape index (κ2) is 18.3. The first kappa shape index (κ1) is 29.6. The fraction of sp³-hybridized carbons (Fsp3) is 0.654. The van der Waals surface area contributed by atoms with Gasteiger partial charge in [-0.2, -0.15) is 0 Å². The topological polar surface area (TPSA) is 105 Å². The maximum atomic E-state index is 6.10. The van der Waals surface area contributed by atoms with Gasteiger partial charge in [0.05, 0.1) is 46.2 Å². The van der Waals surface area contributed by atoms with E-state index in [1.54, 1.807) is 6.20 Å². The van der Waals surface area contributed by atoms with Crippen LogP contribution in [0.2, 0.25) is 0 Å². The molecule has 1 aromatic heterocycles. The molecule has 2 heterocycles. The minimum Gasteiger partial charge on any atom is -0.465 e. The zero-order chi connectivity index (χ0) is 25.9. The van der Waals surface area contributed by atoms with Crippen LogP contribution in [0.4, 0.5) is 0 Å². The van der Waals surface area contributed by atoms with Gasteiger partial charge in [0.1, 0.15) is 30.5 Å². The first-order valence-corrected chi connectivity index (χ1v) is 12.6. The van der Waals surface area contributed by atoms with E-state index in [0.29, 0.717) is 45.4 Å². The molecule has 2 aromatic rings. The van der Waals surface area contributed by atoms with Gasteiger partial charge in [0.25, 0.3) is 0 Å². The van der Waals surface area contributed by atoms with E-state index in [1.807, 2.05) is 30.3 Å². The first-order valence-electron chi connectivity index (χ1n) is 12.6. The van der Waals surface area contributed by atoms with Crippen LogP contribution in [0.15, 0.2) is 36.5 Å². The molecule has 37 heavy (non-hydrogen) atoms. The lowest BCUT2D eigenvalue weighted by atomic mass is 10.1. The highest BCUT2D eigenvalue weighted by Crippen LogP contribution is 2.22. The number of hydrogen-bond donors (Lipinski definition) is 0. The second-order valence-electron chi connectivity index (χ2n) is 8.33. The van der Waals surface area contributed by atoms with Crippen molar-refractivity contribution in [2.45, 2.75) is 25.4 Å². The Labute approximate surface area is 218 Å². The van der Waals surface area contributed by atoms with Crippen LogP contribution in [0.25, 0.3) is 10.9 Å².